The summed E-state index contributed by atoms with van der Waals surface area (Å²) in [6, 6.07) is 17.6. The van der Waals surface area contributed by atoms with Gasteiger partial charge in [0.25, 0.3) is 0 Å². The Morgan fingerprint density at radius 3 is 2.47 bits per heavy atom. The number of hydrogen-bond acceptors (Lipinski definition) is 3. The van der Waals surface area contributed by atoms with E-state index < -0.39 is 0 Å². The number of anilines is 2. The van der Waals surface area contributed by atoms with Gasteiger partial charge in [0.05, 0.1) is 17.8 Å². The summed E-state index contributed by atoms with van der Waals surface area (Å²) in [7, 11) is 4.12. The van der Waals surface area contributed by atoms with Crippen LogP contribution < -0.4 is 15.1 Å². The molecular formula is C26H31N5S. The molecule has 0 amide bonds. The van der Waals surface area contributed by atoms with E-state index in [1.165, 1.54) is 43.4 Å². The van der Waals surface area contributed by atoms with Crippen molar-refractivity contribution in [3.8, 4) is 0 Å². The molecule has 1 saturated heterocycles. The van der Waals surface area contributed by atoms with Gasteiger partial charge in [0.2, 0.25) is 0 Å². The van der Waals surface area contributed by atoms with Crippen LogP contribution in [0.15, 0.2) is 67.1 Å². The minimum absolute atomic E-state index is 0.000527. The molecule has 2 fully saturated rings. The summed E-state index contributed by atoms with van der Waals surface area (Å²) in [5.41, 5.74) is 4.56. The largest absolute Gasteiger partial charge is 0.378 e. The Morgan fingerprint density at radius 2 is 1.78 bits per heavy atom. The van der Waals surface area contributed by atoms with Gasteiger partial charge in [-0.05, 0) is 73.1 Å². The monoisotopic (exact) mass is 445 g/mol. The summed E-state index contributed by atoms with van der Waals surface area (Å²) < 4.78 is 2.43. The lowest BCUT2D eigenvalue weighted by molar-refractivity contribution is 0.353. The number of thiocarbonyl (C=S) groups is 1. The minimum atomic E-state index is -0.000527. The van der Waals surface area contributed by atoms with E-state index in [2.05, 4.69) is 87.6 Å². The minimum Gasteiger partial charge on any atom is -0.378 e. The van der Waals surface area contributed by atoms with Crippen molar-refractivity contribution in [1.82, 2.24) is 14.9 Å². The lowest BCUT2D eigenvalue weighted by Gasteiger charge is -2.28. The molecule has 0 radical (unpaired) electrons. The smallest absolute Gasteiger partial charge is 0.174 e. The van der Waals surface area contributed by atoms with E-state index >= 15 is 0 Å². The van der Waals surface area contributed by atoms with Gasteiger partial charge >= 0.3 is 0 Å². The Balaban J connectivity index is 1.53. The maximum absolute atomic E-state index is 5.86. The molecular weight excluding hydrogens is 414 g/mol. The molecule has 1 saturated carbocycles. The van der Waals surface area contributed by atoms with E-state index in [1.807, 2.05) is 18.3 Å². The maximum Gasteiger partial charge on any atom is 0.174 e. The zero-order valence-corrected chi connectivity index (χ0v) is 19.6. The first-order chi connectivity index (χ1) is 15.6. The molecule has 3 aromatic rings. The average Bonchev–Trinajstić information content (AvgIpc) is 3.45. The first-order valence-corrected chi connectivity index (χ1v) is 12.0. The summed E-state index contributed by atoms with van der Waals surface area (Å²) >= 11 is 5.86. The molecule has 3 heterocycles. The van der Waals surface area contributed by atoms with Crippen molar-refractivity contribution >= 4 is 28.7 Å². The summed E-state index contributed by atoms with van der Waals surface area (Å²) in [6.45, 7) is 0. The molecule has 0 spiro atoms. The Kier molecular flexibility index (Phi) is 5.87. The fraction of sp³-hybridized carbons (Fsp3) is 0.385. The molecule has 0 bridgehead atoms. The Bertz CT molecular complexity index is 1050. The van der Waals surface area contributed by atoms with E-state index in [9.17, 15) is 0 Å². The topological polar surface area (TPSA) is 36.3 Å². The van der Waals surface area contributed by atoms with Crippen LogP contribution in [0.2, 0.25) is 0 Å². The van der Waals surface area contributed by atoms with Gasteiger partial charge in [-0.25, -0.2) is 0 Å². The molecule has 1 aromatic carbocycles. The lowest BCUT2D eigenvalue weighted by atomic mass is 9.95. The number of aromatic nitrogens is 2. The quantitative estimate of drug-likeness (QED) is 0.515. The van der Waals surface area contributed by atoms with Gasteiger partial charge in [0, 0.05) is 50.1 Å². The highest BCUT2D eigenvalue weighted by Gasteiger charge is 2.41. The van der Waals surface area contributed by atoms with Crippen LogP contribution in [0, 0.1) is 0 Å². The van der Waals surface area contributed by atoms with Crippen molar-refractivity contribution in [1.29, 1.82) is 0 Å². The van der Waals surface area contributed by atoms with Gasteiger partial charge in [0.1, 0.15) is 0 Å². The normalized spacial score (nSPS) is 21.6. The Hall–Kier alpha value is -2.86. The number of rotatable bonds is 5. The zero-order chi connectivity index (χ0) is 22.1. The van der Waals surface area contributed by atoms with Crippen LogP contribution >= 0.6 is 12.2 Å². The molecule has 1 N–H and O–H groups in total. The summed E-state index contributed by atoms with van der Waals surface area (Å²) in [4.78, 5) is 9.04. The molecule has 32 heavy (non-hydrogen) atoms. The number of nitrogens with one attached hydrogen (secondary N) is 1. The fourth-order valence-corrected chi connectivity index (χ4v) is 5.44. The Morgan fingerprint density at radius 1 is 1.00 bits per heavy atom. The second kappa shape index (κ2) is 8.94. The second-order valence-electron chi connectivity index (χ2n) is 9.09. The van der Waals surface area contributed by atoms with Crippen LogP contribution in [0.25, 0.3) is 0 Å². The van der Waals surface area contributed by atoms with Crippen molar-refractivity contribution in [3.63, 3.8) is 0 Å². The summed E-state index contributed by atoms with van der Waals surface area (Å²) in [5, 5.41) is 4.31. The molecule has 0 unspecified atom stereocenters. The van der Waals surface area contributed by atoms with Crippen molar-refractivity contribution < 1.29 is 0 Å². The van der Waals surface area contributed by atoms with E-state index in [4.69, 9.17) is 12.2 Å². The SMILES string of the molecule is CN(C)c1ccc(N2C(=S)N[C@H](c3ccccn3)[C@H]2c2ccn(C3CCCCC3)c2)cc1. The highest BCUT2D eigenvalue weighted by molar-refractivity contribution is 7.80. The molecule has 2 aromatic heterocycles. The summed E-state index contributed by atoms with van der Waals surface area (Å²) in [6.07, 6.45) is 13.0. The van der Waals surface area contributed by atoms with Crippen molar-refractivity contribution in [2.75, 3.05) is 23.9 Å². The third-order valence-electron chi connectivity index (χ3n) is 6.82. The molecule has 5 rings (SSSR count). The highest BCUT2D eigenvalue weighted by Crippen LogP contribution is 2.42. The van der Waals surface area contributed by atoms with E-state index in [-0.39, 0.29) is 12.1 Å². The van der Waals surface area contributed by atoms with Crippen LogP contribution in [-0.4, -0.2) is 28.8 Å². The van der Waals surface area contributed by atoms with Crippen molar-refractivity contribution in [2.45, 2.75) is 50.2 Å². The van der Waals surface area contributed by atoms with Crippen molar-refractivity contribution in [2.24, 2.45) is 0 Å². The van der Waals surface area contributed by atoms with E-state index in [0.717, 1.165) is 16.5 Å². The van der Waals surface area contributed by atoms with Crippen LogP contribution in [0.1, 0.15) is 61.5 Å². The van der Waals surface area contributed by atoms with Crippen LogP contribution in [-0.2, 0) is 0 Å². The average molecular weight is 446 g/mol. The van der Waals surface area contributed by atoms with Gasteiger partial charge in [-0.1, -0.05) is 25.3 Å². The Labute approximate surface area is 196 Å². The standard InChI is InChI=1S/C26H31N5S/c1-29(2)20-11-13-22(14-12-20)31-25(24(28-26(31)32)23-10-6-7-16-27-23)19-15-17-30(18-19)21-8-4-3-5-9-21/h6-7,10-18,21,24-25H,3-5,8-9H2,1-2H3,(H,28,32)/t24-,25-/m1/s1. The molecule has 166 valence electrons. The molecule has 1 aliphatic carbocycles. The van der Waals surface area contributed by atoms with Gasteiger partial charge < -0.3 is 19.7 Å². The maximum atomic E-state index is 5.86. The first kappa shape index (κ1) is 21.0. The molecule has 6 heteroatoms. The van der Waals surface area contributed by atoms with Gasteiger partial charge in [-0.3, -0.25) is 4.98 Å². The number of pyridine rings is 1. The van der Waals surface area contributed by atoms with Gasteiger partial charge in [-0.15, -0.1) is 0 Å². The highest BCUT2D eigenvalue weighted by atomic mass is 32.1. The zero-order valence-electron chi connectivity index (χ0n) is 18.8. The molecule has 1 aliphatic heterocycles. The van der Waals surface area contributed by atoms with E-state index in [0.29, 0.717) is 6.04 Å². The molecule has 5 nitrogen and oxygen atoms in total. The summed E-state index contributed by atoms with van der Waals surface area (Å²) in [5.74, 6) is 0. The van der Waals surface area contributed by atoms with Crippen LogP contribution in [0.3, 0.4) is 0 Å². The third-order valence-corrected chi connectivity index (χ3v) is 7.13. The fourth-order valence-electron chi connectivity index (χ4n) is 5.09. The second-order valence-corrected chi connectivity index (χ2v) is 9.48. The predicted octanol–water partition coefficient (Wildman–Crippen LogP) is 5.63. The van der Waals surface area contributed by atoms with Crippen molar-refractivity contribution in [3.05, 3.63) is 78.4 Å². The van der Waals surface area contributed by atoms with Gasteiger partial charge in [-0.2, -0.15) is 0 Å². The number of nitrogens with zero attached hydrogens (tertiary/aromatic N) is 4. The lowest BCUT2D eigenvalue weighted by Crippen LogP contribution is -2.29. The first-order valence-electron chi connectivity index (χ1n) is 11.6. The number of hydrogen-bond donors (Lipinski definition) is 1. The molecule has 2 atom stereocenters. The van der Waals surface area contributed by atoms with Crippen LogP contribution in [0.5, 0.6) is 0 Å². The van der Waals surface area contributed by atoms with E-state index in [1.54, 1.807) is 0 Å². The number of benzene rings is 1. The van der Waals surface area contributed by atoms with Crippen LogP contribution in [0.4, 0.5) is 11.4 Å². The molecule has 2 aliphatic rings. The third kappa shape index (κ3) is 3.99. The predicted molar refractivity (Wildman–Crippen MR) is 135 cm³/mol. The van der Waals surface area contributed by atoms with Gasteiger partial charge in [0.15, 0.2) is 5.11 Å².